The summed E-state index contributed by atoms with van der Waals surface area (Å²) in [4.78, 5) is 1.25. The third-order valence-electron chi connectivity index (χ3n) is 1.76. The Balaban J connectivity index is 2.22. The quantitative estimate of drug-likeness (QED) is 0.728. The van der Waals surface area contributed by atoms with Gasteiger partial charge in [0, 0.05) is 11.3 Å². The maximum atomic E-state index is 9.50. The molecule has 1 atom stereocenters. The summed E-state index contributed by atoms with van der Waals surface area (Å²) in [6.45, 7) is 0.668. The minimum atomic E-state index is -0.216. The summed E-state index contributed by atoms with van der Waals surface area (Å²) in [6, 6.07) is 4.06. The van der Waals surface area contributed by atoms with Crippen LogP contribution in [0.15, 0.2) is 17.5 Å². The van der Waals surface area contributed by atoms with Crippen LogP contribution in [0.5, 0.6) is 0 Å². The van der Waals surface area contributed by atoms with Crippen LogP contribution < -0.4 is 5.73 Å². The molecular weight excluding hydrogens is 170 g/mol. The maximum Gasteiger partial charge on any atom is 0.0588 e. The normalized spacial score (nSPS) is 13.2. The fourth-order valence-corrected chi connectivity index (χ4v) is 1.89. The predicted molar refractivity (Wildman–Crippen MR) is 52.3 cm³/mol. The summed E-state index contributed by atoms with van der Waals surface area (Å²) in [5.41, 5.74) is 5.34. The molecule has 0 aliphatic heterocycles. The van der Waals surface area contributed by atoms with Gasteiger partial charge in [-0.05, 0) is 30.8 Å². The first-order valence-corrected chi connectivity index (χ1v) is 5.11. The molecule has 2 nitrogen and oxygen atoms in total. The Kier molecular flexibility index (Phi) is 4.29. The van der Waals surface area contributed by atoms with Crippen LogP contribution in [-0.2, 0) is 6.42 Å². The Morgan fingerprint density at radius 3 is 3.00 bits per heavy atom. The molecule has 3 N–H and O–H groups in total. The van der Waals surface area contributed by atoms with Gasteiger partial charge in [-0.2, -0.15) is 0 Å². The molecule has 1 rings (SSSR count). The summed E-state index contributed by atoms with van der Waals surface area (Å²) in [5.74, 6) is 0. The van der Waals surface area contributed by atoms with Crippen molar-refractivity contribution >= 4 is 11.3 Å². The largest absolute Gasteiger partial charge is 0.393 e. The van der Waals surface area contributed by atoms with E-state index in [0.29, 0.717) is 6.54 Å². The SMILES string of the molecule is NCCCC(O)Cc1cccs1. The van der Waals surface area contributed by atoms with Gasteiger partial charge >= 0.3 is 0 Å². The zero-order chi connectivity index (χ0) is 8.81. The molecule has 0 saturated heterocycles. The van der Waals surface area contributed by atoms with Crippen LogP contribution in [0, 0.1) is 0 Å². The van der Waals surface area contributed by atoms with Crippen molar-refractivity contribution in [1.82, 2.24) is 0 Å². The number of aliphatic hydroxyl groups excluding tert-OH is 1. The van der Waals surface area contributed by atoms with Crippen molar-refractivity contribution in [3.8, 4) is 0 Å². The van der Waals surface area contributed by atoms with Gasteiger partial charge in [0.15, 0.2) is 0 Å². The Labute approximate surface area is 77.0 Å². The topological polar surface area (TPSA) is 46.2 Å². The van der Waals surface area contributed by atoms with Crippen LogP contribution in [0.25, 0.3) is 0 Å². The van der Waals surface area contributed by atoms with Crippen LogP contribution in [-0.4, -0.2) is 17.8 Å². The monoisotopic (exact) mass is 185 g/mol. The first-order chi connectivity index (χ1) is 5.83. The van der Waals surface area contributed by atoms with Crippen molar-refractivity contribution in [2.75, 3.05) is 6.54 Å². The van der Waals surface area contributed by atoms with E-state index in [9.17, 15) is 5.11 Å². The van der Waals surface area contributed by atoms with Crippen LogP contribution >= 0.6 is 11.3 Å². The summed E-state index contributed by atoms with van der Waals surface area (Å²) in [6.07, 6.45) is 2.28. The second-order valence-corrected chi connectivity index (χ2v) is 3.90. The van der Waals surface area contributed by atoms with Crippen molar-refractivity contribution in [3.05, 3.63) is 22.4 Å². The molecule has 0 radical (unpaired) electrons. The molecule has 0 saturated carbocycles. The minimum Gasteiger partial charge on any atom is -0.393 e. The number of hydrogen-bond donors (Lipinski definition) is 2. The van der Waals surface area contributed by atoms with Crippen molar-refractivity contribution in [1.29, 1.82) is 0 Å². The molecule has 68 valence electrons. The van der Waals surface area contributed by atoms with Crippen molar-refractivity contribution in [2.45, 2.75) is 25.4 Å². The molecular formula is C9H15NOS. The highest BCUT2D eigenvalue weighted by molar-refractivity contribution is 7.09. The number of thiophene rings is 1. The van der Waals surface area contributed by atoms with Crippen LogP contribution in [0.1, 0.15) is 17.7 Å². The Morgan fingerprint density at radius 1 is 1.58 bits per heavy atom. The molecule has 0 aliphatic rings. The van der Waals surface area contributed by atoms with Gasteiger partial charge in [0.25, 0.3) is 0 Å². The maximum absolute atomic E-state index is 9.50. The lowest BCUT2D eigenvalue weighted by Crippen LogP contribution is -2.12. The average molecular weight is 185 g/mol. The molecule has 0 aromatic carbocycles. The van der Waals surface area contributed by atoms with Gasteiger partial charge in [-0.15, -0.1) is 11.3 Å². The lowest BCUT2D eigenvalue weighted by molar-refractivity contribution is 0.164. The second kappa shape index (κ2) is 5.30. The van der Waals surface area contributed by atoms with E-state index < -0.39 is 0 Å². The summed E-state index contributed by atoms with van der Waals surface area (Å²) >= 11 is 1.69. The van der Waals surface area contributed by atoms with E-state index in [1.807, 2.05) is 11.4 Å². The van der Waals surface area contributed by atoms with Gasteiger partial charge in [-0.25, -0.2) is 0 Å². The predicted octanol–water partition coefficient (Wildman–Crippen LogP) is 1.39. The third kappa shape index (κ3) is 3.34. The lowest BCUT2D eigenvalue weighted by Gasteiger charge is -2.07. The van der Waals surface area contributed by atoms with Gasteiger partial charge < -0.3 is 10.8 Å². The van der Waals surface area contributed by atoms with E-state index in [0.717, 1.165) is 19.3 Å². The van der Waals surface area contributed by atoms with Gasteiger partial charge in [0.2, 0.25) is 0 Å². The van der Waals surface area contributed by atoms with E-state index >= 15 is 0 Å². The molecule has 1 aromatic heterocycles. The molecule has 0 bridgehead atoms. The van der Waals surface area contributed by atoms with Gasteiger partial charge in [-0.3, -0.25) is 0 Å². The van der Waals surface area contributed by atoms with Gasteiger partial charge in [0.1, 0.15) is 0 Å². The van der Waals surface area contributed by atoms with Crippen LogP contribution in [0.2, 0.25) is 0 Å². The highest BCUT2D eigenvalue weighted by Crippen LogP contribution is 2.12. The molecule has 1 aromatic rings. The molecule has 12 heavy (non-hydrogen) atoms. The number of hydrogen-bond acceptors (Lipinski definition) is 3. The first kappa shape index (κ1) is 9.71. The number of rotatable bonds is 5. The van der Waals surface area contributed by atoms with E-state index in [4.69, 9.17) is 5.73 Å². The standard InChI is InChI=1S/C9H15NOS/c10-5-1-3-8(11)7-9-4-2-6-12-9/h2,4,6,8,11H,1,3,5,7,10H2. The fourth-order valence-electron chi connectivity index (χ4n) is 1.12. The van der Waals surface area contributed by atoms with Gasteiger partial charge in [-0.1, -0.05) is 6.07 Å². The molecule has 1 unspecified atom stereocenters. The Morgan fingerprint density at radius 2 is 2.42 bits per heavy atom. The average Bonchev–Trinajstić information content (AvgIpc) is 2.53. The highest BCUT2D eigenvalue weighted by Gasteiger charge is 2.04. The Hall–Kier alpha value is -0.380. The van der Waals surface area contributed by atoms with Crippen LogP contribution in [0.3, 0.4) is 0 Å². The number of aliphatic hydroxyl groups is 1. The summed E-state index contributed by atoms with van der Waals surface area (Å²) in [5, 5.41) is 11.5. The second-order valence-electron chi connectivity index (χ2n) is 2.87. The lowest BCUT2D eigenvalue weighted by atomic mass is 10.1. The van der Waals surface area contributed by atoms with Crippen LogP contribution in [0.4, 0.5) is 0 Å². The van der Waals surface area contributed by atoms with E-state index in [1.54, 1.807) is 11.3 Å². The summed E-state index contributed by atoms with van der Waals surface area (Å²) < 4.78 is 0. The van der Waals surface area contributed by atoms with Crippen molar-refractivity contribution in [2.24, 2.45) is 5.73 Å². The zero-order valence-electron chi connectivity index (χ0n) is 7.07. The smallest absolute Gasteiger partial charge is 0.0588 e. The highest BCUT2D eigenvalue weighted by atomic mass is 32.1. The minimum absolute atomic E-state index is 0.216. The van der Waals surface area contributed by atoms with Crippen molar-refractivity contribution in [3.63, 3.8) is 0 Å². The van der Waals surface area contributed by atoms with Gasteiger partial charge in [0.05, 0.1) is 6.10 Å². The van der Waals surface area contributed by atoms with Crippen molar-refractivity contribution < 1.29 is 5.11 Å². The van der Waals surface area contributed by atoms with E-state index in [1.165, 1.54) is 4.88 Å². The molecule has 1 heterocycles. The molecule has 0 fully saturated rings. The zero-order valence-corrected chi connectivity index (χ0v) is 7.89. The third-order valence-corrected chi connectivity index (χ3v) is 2.66. The summed E-state index contributed by atoms with van der Waals surface area (Å²) in [7, 11) is 0. The van der Waals surface area contributed by atoms with E-state index in [-0.39, 0.29) is 6.10 Å². The molecule has 0 aliphatic carbocycles. The number of nitrogens with two attached hydrogens (primary N) is 1. The fraction of sp³-hybridized carbons (Fsp3) is 0.556. The first-order valence-electron chi connectivity index (χ1n) is 4.23. The Bertz CT molecular complexity index is 198. The molecule has 0 spiro atoms. The van der Waals surface area contributed by atoms with E-state index in [2.05, 4.69) is 6.07 Å². The molecule has 3 heteroatoms. The molecule has 0 amide bonds.